The Bertz CT molecular complexity index is 1210. The van der Waals surface area contributed by atoms with E-state index >= 15 is 0 Å². The zero-order valence-electron chi connectivity index (χ0n) is 17.1. The topological polar surface area (TPSA) is 81.4 Å². The van der Waals surface area contributed by atoms with E-state index in [1.165, 1.54) is 6.92 Å². The average molecular weight is 392 g/mol. The molecule has 1 aliphatic heterocycles. The summed E-state index contributed by atoms with van der Waals surface area (Å²) in [6.45, 7) is 7.56. The Kier molecular flexibility index (Phi) is 4.74. The summed E-state index contributed by atoms with van der Waals surface area (Å²) in [5, 5.41) is 11.3. The Balaban J connectivity index is 1.97. The number of carbonyl (C=O) groups excluding carboxylic acids is 1. The summed E-state index contributed by atoms with van der Waals surface area (Å²) in [6.07, 6.45) is 0.632. The smallest absolute Gasteiger partial charge is 0.308 e. The van der Waals surface area contributed by atoms with Crippen molar-refractivity contribution in [3.05, 3.63) is 56.9 Å². The summed E-state index contributed by atoms with van der Waals surface area (Å²) in [6, 6.07) is 7.31. The highest BCUT2D eigenvalue weighted by Crippen LogP contribution is 2.38. The summed E-state index contributed by atoms with van der Waals surface area (Å²) in [4.78, 5) is 29.2. The fraction of sp³-hybridized carbons (Fsp3) is 0.348. The minimum atomic E-state index is -0.671. The van der Waals surface area contributed by atoms with E-state index in [1.807, 2.05) is 25.1 Å². The van der Waals surface area contributed by atoms with Crippen molar-refractivity contribution in [3.63, 3.8) is 0 Å². The molecule has 0 radical (unpaired) electrons. The largest absolute Gasteiger partial charge is 0.427 e. The van der Waals surface area contributed by atoms with E-state index in [1.54, 1.807) is 17.6 Å². The zero-order chi connectivity index (χ0) is 20.9. The number of aliphatic hydroxyl groups is 1. The zero-order valence-corrected chi connectivity index (χ0v) is 17.1. The fourth-order valence-corrected chi connectivity index (χ4v) is 4.21. The molecule has 3 heterocycles. The van der Waals surface area contributed by atoms with Crippen LogP contribution in [0.2, 0.25) is 0 Å². The van der Waals surface area contributed by atoms with Crippen LogP contribution in [-0.2, 0) is 17.8 Å². The van der Waals surface area contributed by atoms with E-state index < -0.39 is 6.10 Å². The van der Waals surface area contributed by atoms with Crippen molar-refractivity contribution in [3.8, 4) is 17.1 Å². The van der Waals surface area contributed by atoms with Gasteiger partial charge in [-0.05, 0) is 55.2 Å². The number of ether oxygens (including phenoxy) is 1. The first-order valence-corrected chi connectivity index (χ1v) is 9.92. The quantitative estimate of drug-likeness (QED) is 0.423. The van der Waals surface area contributed by atoms with Crippen molar-refractivity contribution in [2.24, 2.45) is 0 Å². The molecule has 3 aromatic rings. The van der Waals surface area contributed by atoms with Crippen LogP contribution < -0.4 is 10.3 Å². The van der Waals surface area contributed by atoms with E-state index in [2.05, 4.69) is 6.92 Å². The monoisotopic (exact) mass is 392 g/mol. The standard InChI is InChI=1S/C23H24N2O4/c1-5-15-17-9-14(29-13(4)26)7-8-19(17)24-22-18(15)11-25-20(22)10-16(21(27)6-2)12(3)23(25)28/h7-10,21,27H,5-6,11H2,1-4H3. The van der Waals surface area contributed by atoms with Crippen LogP contribution in [0.3, 0.4) is 0 Å². The van der Waals surface area contributed by atoms with Crippen molar-refractivity contribution in [2.45, 2.75) is 53.2 Å². The summed E-state index contributed by atoms with van der Waals surface area (Å²) in [5.41, 5.74) is 5.59. The Labute approximate surface area is 168 Å². The first-order chi connectivity index (χ1) is 13.8. The molecule has 2 aromatic heterocycles. The second-order valence-electron chi connectivity index (χ2n) is 7.47. The van der Waals surface area contributed by atoms with E-state index in [0.717, 1.165) is 39.8 Å². The van der Waals surface area contributed by atoms with Crippen molar-refractivity contribution >= 4 is 16.9 Å². The van der Waals surface area contributed by atoms with Crippen LogP contribution in [0.15, 0.2) is 29.1 Å². The SMILES string of the molecule is CCc1c2c(nc3ccc(OC(C)=O)cc13)-c1cc(C(O)CC)c(C)c(=O)n1C2. The highest BCUT2D eigenvalue weighted by molar-refractivity contribution is 5.89. The highest BCUT2D eigenvalue weighted by Gasteiger charge is 2.28. The number of fused-ring (bicyclic) bond motifs is 4. The van der Waals surface area contributed by atoms with Gasteiger partial charge in [0.2, 0.25) is 0 Å². The molecule has 1 aliphatic rings. The molecule has 1 atom stereocenters. The van der Waals surface area contributed by atoms with Gasteiger partial charge in [0.1, 0.15) is 5.75 Å². The number of esters is 1. The molecule has 0 amide bonds. The molecule has 0 saturated heterocycles. The van der Waals surface area contributed by atoms with Crippen LogP contribution in [0, 0.1) is 6.92 Å². The summed E-state index contributed by atoms with van der Waals surface area (Å²) >= 11 is 0. The molecule has 29 heavy (non-hydrogen) atoms. The van der Waals surface area contributed by atoms with Gasteiger partial charge in [-0.15, -0.1) is 0 Å². The van der Waals surface area contributed by atoms with Crippen LogP contribution in [0.5, 0.6) is 5.75 Å². The van der Waals surface area contributed by atoms with E-state index in [4.69, 9.17) is 9.72 Å². The minimum absolute atomic E-state index is 0.0882. The fourth-order valence-electron chi connectivity index (χ4n) is 4.21. The summed E-state index contributed by atoms with van der Waals surface area (Å²) in [7, 11) is 0. The normalized spacial score (nSPS) is 13.3. The molecule has 6 nitrogen and oxygen atoms in total. The lowest BCUT2D eigenvalue weighted by atomic mass is 9.97. The van der Waals surface area contributed by atoms with Gasteiger partial charge in [0.25, 0.3) is 5.56 Å². The number of aryl methyl sites for hydroxylation is 1. The lowest BCUT2D eigenvalue weighted by Crippen LogP contribution is -2.23. The Hall–Kier alpha value is -2.99. The third-order valence-corrected chi connectivity index (χ3v) is 5.68. The average Bonchev–Trinajstić information content (AvgIpc) is 3.06. The number of aliphatic hydroxyl groups excluding tert-OH is 1. The number of hydrogen-bond acceptors (Lipinski definition) is 5. The second-order valence-corrected chi connectivity index (χ2v) is 7.47. The molecule has 1 N–H and O–H groups in total. The molecule has 0 fully saturated rings. The van der Waals surface area contributed by atoms with E-state index in [9.17, 15) is 14.7 Å². The summed E-state index contributed by atoms with van der Waals surface area (Å²) < 4.78 is 6.98. The maximum absolute atomic E-state index is 13.0. The molecule has 0 spiro atoms. The second kappa shape index (κ2) is 7.12. The van der Waals surface area contributed by atoms with Gasteiger partial charge in [-0.3, -0.25) is 9.59 Å². The third-order valence-electron chi connectivity index (χ3n) is 5.68. The predicted octanol–water partition coefficient (Wildman–Crippen LogP) is 3.66. The molecule has 1 unspecified atom stereocenters. The van der Waals surface area contributed by atoms with Gasteiger partial charge in [0, 0.05) is 23.4 Å². The lowest BCUT2D eigenvalue weighted by Gasteiger charge is -2.14. The van der Waals surface area contributed by atoms with Crippen LogP contribution in [-0.4, -0.2) is 20.6 Å². The predicted molar refractivity (Wildman–Crippen MR) is 111 cm³/mol. The molecule has 0 bridgehead atoms. The Morgan fingerprint density at radius 2 is 2.07 bits per heavy atom. The lowest BCUT2D eigenvalue weighted by molar-refractivity contribution is -0.131. The van der Waals surface area contributed by atoms with Gasteiger partial charge in [0.15, 0.2) is 0 Å². The number of rotatable bonds is 4. The van der Waals surface area contributed by atoms with Gasteiger partial charge < -0.3 is 14.4 Å². The van der Waals surface area contributed by atoms with Crippen LogP contribution >= 0.6 is 0 Å². The van der Waals surface area contributed by atoms with Crippen molar-refractivity contribution in [1.82, 2.24) is 9.55 Å². The van der Waals surface area contributed by atoms with Gasteiger partial charge in [-0.2, -0.15) is 0 Å². The van der Waals surface area contributed by atoms with E-state index in [-0.39, 0.29) is 11.5 Å². The molecule has 0 aliphatic carbocycles. The molecule has 150 valence electrons. The van der Waals surface area contributed by atoms with Crippen molar-refractivity contribution in [2.75, 3.05) is 0 Å². The molecule has 6 heteroatoms. The number of aromatic nitrogens is 2. The first kappa shape index (κ1) is 19.3. The maximum atomic E-state index is 13.0. The van der Waals surface area contributed by atoms with E-state index in [0.29, 0.717) is 29.8 Å². The first-order valence-electron chi connectivity index (χ1n) is 9.92. The van der Waals surface area contributed by atoms with Crippen molar-refractivity contribution in [1.29, 1.82) is 0 Å². The van der Waals surface area contributed by atoms with Crippen LogP contribution in [0.1, 0.15) is 55.5 Å². The molecule has 1 aromatic carbocycles. The maximum Gasteiger partial charge on any atom is 0.308 e. The molecular weight excluding hydrogens is 368 g/mol. The summed E-state index contributed by atoms with van der Waals surface area (Å²) in [5.74, 6) is 0.117. The van der Waals surface area contributed by atoms with Gasteiger partial charge in [0.05, 0.1) is 29.6 Å². The van der Waals surface area contributed by atoms with Crippen LogP contribution in [0.4, 0.5) is 0 Å². The third kappa shape index (κ3) is 3.04. The number of nitrogens with zero attached hydrogens (tertiary/aromatic N) is 2. The number of carbonyl (C=O) groups is 1. The number of hydrogen-bond donors (Lipinski definition) is 1. The van der Waals surface area contributed by atoms with Gasteiger partial charge >= 0.3 is 5.97 Å². The highest BCUT2D eigenvalue weighted by atomic mass is 16.5. The molecule has 0 saturated carbocycles. The molecule has 4 rings (SSSR count). The van der Waals surface area contributed by atoms with Crippen LogP contribution in [0.25, 0.3) is 22.3 Å². The van der Waals surface area contributed by atoms with Gasteiger partial charge in [-0.25, -0.2) is 4.98 Å². The Morgan fingerprint density at radius 3 is 2.72 bits per heavy atom. The Morgan fingerprint density at radius 1 is 1.31 bits per heavy atom. The van der Waals surface area contributed by atoms with Gasteiger partial charge in [-0.1, -0.05) is 13.8 Å². The minimum Gasteiger partial charge on any atom is -0.427 e. The van der Waals surface area contributed by atoms with Crippen molar-refractivity contribution < 1.29 is 14.6 Å². The molecular formula is C23H24N2O4. The number of benzene rings is 1. The number of pyridine rings is 2.